The summed E-state index contributed by atoms with van der Waals surface area (Å²) in [5, 5.41) is 8.31. The number of Topliss-reactive ketones (excluding diaryl/α,β-unsaturated/α-hetero) is 1. The summed E-state index contributed by atoms with van der Waals surface area (Å²) in [4.78, 5) is 66.3. The van der Waals surface area contributed by atoms with E-state index in [2.05, 4.69) is 20.7 Å². The van der Waals surface area contributed by atoms with E-state index >= 15 is 0 Å². The van der Waals surface area contributed by atoms with E-state index in [1.165, 1.54) is 12.9 Å². The van der Waals surface area contributed by atoms with Crippen LogP contribution in [-0.4, -0.2) is 65.2 Å². The monoisotopic (exact) mass is 736 g/mol. The molecule has 0 aliphatic heterocycles. The van der Waals surface area contributed by atoms with Crippen molar-refractivity contribution in [1.29, 1.82) is 0 Å². The third-order valence-electron chi connectivity index (χ3n) is 8.68. The second-order valence-electron chi connectivity index (χ2n) is 12.6. The van der Waals surface area contributed by atoms with E-state index in [-0.39, 0.29) is 25.2 Å². The van der Waals surface area contributed by atoms with Crippen LogP contribution in [0.2, 0.25) is 0 Å². The minimum atomic E-state index is -3.41. The number of anilines is 1. The zero-order valence-corrected chi connectivity index (χ0v) is 30.5. The van der Waals surface area contributed by atoms with E-state index < -0.39 is 66.5 Å². The second kappa shape index (κ2) is 19.2. The Balaban J connectivity index is 1.50. The molecule has 12 nitrogen and oxygen atoms in total. The number of rotatable bonds is 16. The SMILES string of the molecule is CS(=O)NC(=O)CCC(NC(=O)C(CC1CCCCC1)NC(=O)C(=O)Nc1ccccc1-c1ccccc1)C(=O)COP(C)(=O)c1ccccc1. The van der Waals surface area contributed by atoms with Gasteiger partial charge in [0.15, 0.2) is 5.78 Å². The molecule has 51 heavy (non-hydrogen) atoms. The molecule has 0 heterocycles. The van der Waals surface area contributed by atoms with Gasteiger partial charge < -0.3 is 20.5 Å². The Hall–Kier alpha value is -4.45. The van der Waals surface area contributed by atoms with Gasteiger partial charge in [0.2, 0.25) is 19.2 Å². The zero-order chi connectivity index (χ0) is 36.8. The van der Waals surface area contributed by atoms with Gasteiger partial charge in [-0.2, -0.15) is 0 Å². The highest BCUT2D eigenvalue weighted by Gasteiger charge is 2.32. The van der Waals surface area contributed by atoms with Crippen LogP contribution in [0, 0.1) is 5.92 Å². The summed E-state index contributed by atoms with van der Waals surface area (Å²) in [6.45, 7) is 0.754. The molecule has 0 radical (unpaired) electrons. The number of para-hydroxylation sites is 1. The summed E-state index contributed by atoms with van der Waals surface area (Å²) in [6, 6.07) is 22.3. The molecular formula is C37H45N4O8PS. The molecule has 4 atom stereocenters. The highest BCUT2D eigenvalue weighted by atomic mass is 32.2. The van der Waals surface area contributed by atoms with Crippen LogP contribution >= 0.6 is 7.37 Å². The van der Waals surface area contributed by atoms with Gasteiger partial charge >= 0.3 is 11.8 Å². The maximum absolute atomic E-state index is 13.9. The largest absolute Gasteiger partial charge is 0.344 e. The van der Waals surface area contributed by atoms with Crippen LogP contribution in [0.25, 0.3) is 11.1 Å². The molecule has 1 saturated carbocycles. The van der Waals surface area contributed by atoms with Gasteiger partial charge in [0.05, 0.1) is 6.04 Å². The summed E-state index contributed by atoms with van der Waals surface area (Å²) in [5.41, 5.74) is 1.96. The Kier molecular flexibility index (Phi) is 14.8. The fraction of sp³-hybridized carbons (Fsp3) is 0.378. The first-order chi connectivity index (χ1) is 24.4. The van der Waals surface area contributed by atoms with E-state index in [1.54, 1.807) is 42.5 Å². The molecule has 14 heteroatoms. The number of carbonyl (C=O) groups excluding carboxylic acids is 5. The van der Waals surface area contributed by atoms with Crippen molar-refractivity contribution in [2.45, 2.75) is 63.5 Å². The lowest BCUT2D eigenvalue weighted by atomic mass is 9.84. The third kappa shape index (κ3) is 12.4. The van der Waals surface area contributed by atoms with Crippen LogP contribution < -0.4 is 26.0 Å². The Morgan fingerprint density at radius 1 is 0.824 bits per heavy atom. The van der Waals surface area contributed by atoms with Crippen LogP contribution in [-0.2, 0) is 44.0 Å². The average molecular weight is 737 g/mol. The number of benzene rings is 3. The van der Waals surface area contributed by atoms with Crippen LogP contribution in [0.15, 0.2) is 84.9 Å². The highest BCUT2D eigenvalue weighted by Crippen LogP contribution is 2.41. The van der Waals surface area contributed by atoms with Gasteiger partial charge in [-0.3, -0.25) is 33.3 Å². The summed E-state index contributed by atoms with van der Waals surface area (Å²) in [6.07, 6.45) is 5.75. The third-order valence-corrected chi connectivity index (χ3v) is 11.1. The Morgan fingerprint density at radius 3 is 2.12 bits per heavy atom. The fourth-order valence-electron chi connectivity index (χ4n) is 5.99. The fourth-order valence-corrected chi connectivity index (χ4v) is 7.64. The quantitative estimate of drug-likeness (QED) is 0.125. The van der Waals surface area contributed by atoms with Gasteiger partial charge in [-0.05, 0) is 42.5 Å². The van der Waals surface area contributed by atoms with Crippen molar-refractivity contribution in [3.63, 3.8) is 0 Å². The van der Waals surface area contributed by atoms with Gasteiger partial charge in [0.25, 0.3) is 0 Å². The highest BCUT2D eigenvalue weighted by molar-refractivity contribution is 7.82. The van der Waals surface area contributed by atoms with Crippen molar-refractivity contribution < 1.29 is 37.3 Å². The van der Waals surface area contributed by atoms with Crippen molar-refractivity contribution in [1.82, 2.24) is 15.4 Å². The number of ketones is 1. The molecule has 272 valence electrons. The summed E-state index contributed by atoms with van der Waals surface area (Å²) in [5.74, 6) is -3.87. The summed E-state index contributed by atoms with van der Waals surface area (Å²) < 4.78 is 32.6. The van der Waals surface area contributed by atoms with Crippen molar-refractivity contribution in [2.24, 2.45) is 5.92 Å². The number of amides is 4. The predicted molar refractivity (Wildman–Crippen MR) is 198 cm³/mol. The lowest BCUT2D eigenvalue weighted by Crippen LogP contribution is -2.54. The Labute approximate surface area is 300 Å². The Bertz CT molecular complexity index is 1750. The topological polar surface area (TPSA) is 177 Å². The molecular weight excluding hydrogens is 691 g/mol. The van der Waals surface area contributed by atoms with Crippen LogP contribution in [0.5, 0.6) is 0 Å². The first kappa shape index (κ1) is 39.3. The lowest BCUT2D eigenvalue weighted by Gasteiger charge is -2.28. The maximum Gasteiger partial charge on any atom is 0.313 e. The molecule has 3 aromatic carbocycles. The van der Waals surface area contributed by atoms with Gasteiger partial charge in [-0.25, -0.2) is 4.21 Å². The normalized spacial score (nSPS) is 16.0. The lowest BCUT2D eigenvalue weighted by molar-refractivity contribution is -0.138. The molecule has 4 unspecified atom stereocenters. The predicted octanol–water partition coefficient (Wildman–Crippen LogP) is 4.24. The minimum absolute atomic E-state index is 0.0938. The first-order valence-corrected chi connectivity index (χ1v) is 20.6. The van der Waals surface area contributed by atoms with Crippen LogP contribution in [0.3, 0.4) is 0 Å². The molecule has 1 aliphatic carbocycles. The molecule has 0 saturated heterocycles. The molecule has 0 bridgehead atoms. The van der Waals surface area contributed by atoms with E-state index in [1.807, 2.05) is 42.5 Å². The smallest absolute Gasteiger partial charge is 0.313 e. The standard InChI is InChI=1S/C37H45N4O8PS/c1-50(47,28-18-10-5-11-19-28)49-25-33(42)31(22-23-34(43)41-51(2)48)39-35(44)32(24-26-14-6-3-7-15-26)40-37(46)36(45)38-30-21-13-12-20-29(30)27-16-8-4-9-17-27/h4-5,8-13,16-21,26,31-32H,3,6-7,14-15,22-25H2,1-2H3,(H,38,45)(H,39,44)(H,40,46)(H,41,43). The molecule has 4 amide bonds. The van der Waals surface area contributed by atoms with Crippen molar-refractivity contribution in [3.05, 3.63) is 84.9 Å². The van der Waals surface area contributed by atoms with E-state index in [4.69, 9.17) is 4.52 Å². The number of hydrogen-bond acceptors (Lipinski definition) is 8. The number of carbonyl (C=O) groups is 5. The number of hydrogen-bond donors (Lipinski definition) is 4. The zero-order valence-electron chi connectivity index (χ0n) is 28.8. The van der Waals surface area contributed by atoms with Gasteiger partial charge in [-0.1, -0.05) is 98.8 Å². The van der Waals surface area contributed by atoms with Crippen LogP contribution in [0.1, 0.15) is 51.4 Å². The van der Waals surface area contributed by atoms with E-state index in [9.17, 15) is 32.7 Å². The summed E-state index contributed by atoms with van der Waals surface area (Å²) in [7, 11) is -5.05. The summed E-state index contributed by atoms with van der Waals surface area (Å²) >= 11 is 0. The van der Waals surface area contributed by atoms with Gasteiger partial charge in [0.1, 0.15) is 23.6 Å². The van der Waals surface area contributed by atoms with Gasteiger partial charge in [0, 0.05) is 35.9 Å². The Morgan fingerprint density at radius 2 is 1.45 bits per heavy atom. The molecule has 1 aliphatic rings. The van der Waals surface area contributed by atoms with E-state index in [0.717, 1.165) is 37.7 Å². The van der Waals surface area contributed by atoms with Crippen LogP contribution in [0.4, 0.5) is 5.69 Å². The van der Waals surface area contributed by atoms with Crippen molar-refractivity contribution in [3.8, 4) is 11.1 Å². The number of nitrogens with one attached hydrogen (secondary N) is 4. The second-order valence-corrected chi connectivity index (χ2v) is 16.2. The molecule has 0 spiro atoms. The van der Waals surface area contributed by atoms with Gasteiger partial charge in [-0.15, -0.1) is 0 Å². The molecule has 1 fully saturated rings. The molecule has 3 aromatic rings. The van der Waals surface area contributed by atoms with Crippen molar-refractivity contribution >= 4 is 58.8 Å². The first-order valence-electron chi connectivity index (χ1n) is 16.9. The molecule has 4 rings (SSSR count). The van der Waals surface area contributed by atoms with Crippen molar-refractivity contribution in [2.75, 3.05) is 24.8 Å². The average Bonchev–Trinajstić information content (AvgIpc) is 3.13. The molecule has 0 aromatic heterocycles. The van der Waals surface area contributed by atoms with E-state index in [0.29, 0.717) is 16.6 Å². The minimum Gasteiger partial charge on any atom is -0.344 e. The molecule has 4 N–H and O–H groups in total. The maximum atomic E-state index is 13.9.